The number of rotatable bonds is 5. The summed E-state index contributed by atoms with van der Waals surface area (Å²) in [6.07, 6.45) is 1.65. The van der Waals surface area contributed by atoms with Crippen molar-refractivity contribution in [2.24, 2.45) is 5.92 Å². The third-order valence-corrected chi connectivity index (χ3v) is 4.52. The van der Waals surface area contributed by atoms with E-state index in [1.54, 1.807) is 13.8 Å². The van der Waals surface area contributed by atoms with Gasteiger partial charge in [0.1, 0.15) is 17.4 Å². The summed E-state index contributed by atoms with van der Waals surface area (Å²) in [5, 5.41) is 10.9. The van der Waals surface area contributed by atoms with Gasteiger partial charge in [-0.15, -0.1) is 0 Å². The van der Waals surface area contributed by atoms with Crippen molar-refractivity contribution in [3.63, 3.8) is 0 Å². The Labute approximate surface area is 146 Å². The van der Waals surface area contributed by atoms with Crippen molar-refractivity contribution < 1.29 is 18.6 Å². The van der Waals surface area contributed by atoms with Crippen LogP contribution in [0.2, 0.25) is 0 Å². The van der Waals surface area contributed by atoms with Crippen LogP contribution >= 0.6 is 0 Å². The second-order valence-electron chi connectivity index (χ2n) is 6.75. The van der Waals surface area contributed by atoms with Crippen LogP contribution in [0.25, 0.3) is 0 Å². The van der Waals surface area contributed by atoms with Crippen molar-refractivity contribution in [2.75, 3.05) is 13.2 Å². The maximum atomic E-state index is 12.8. The summed E-state index contributed by atoms with van der Waals surface area (Å²) in [5.74, 6) is 1.67. The average Bonchev–Trinajstić information content (AvgIpc) is 3.20. The van der Waals surface area contributed by atoms with Crippen molar-refractivity contribution in [1.82, 2.24) is 20.6 Å². The highest BCUT2D eigenvalue weighted by Gasteiger charge is 2.33. The monoisotopic (exact) mass is 348 g/mol. The summed E-state index contributed by atoms with van der Waals surface area (Å²) in [7, 11) is 0. The fourth-order valence-electron chi connectivity index (χ4n) is 3.06. The molecule has 1 unspecified atom stereocenters. The Hall–Kier alpha value is -2.22. The molecule has 2 aromatic rings. The third kappa shape index (κ3) is 3.73. The van der Waals surface area contributed by atoms with E-state index < -0.39 is 0 Å². The normalized spacial score (nSPS) is 17.0. The minimum atomic E-state index is -0.356. The number of aryl methyl sites for hydroxylation is 2. The summed E-state index contributed by atoms with van der Waals surface area (Å²) in [4.78, 5) is 17.3. The number of hydrogen-bond donors (Lipinski definition) is 1. The molecule has 0 aliphatic carbocycles. The first kappa shape index (κ1) is 17.6. The highest BCUT2D eigenvalue weighted by molar-refractivity contribution is 5.96. The molecule has 1 fully saturated rings. The smallest absolute Gasteiger partial charge is 0.257 e. The first-order chi connectivity index (χ1) is 12.0. The summed E-state index contributed by atoms with van der Waals surface area (Å²) >= 11 is 0. The van der Waals surface area contributed by atoms with Crippen LogP contribution in [0.1, 0.15) is 72.2 Å². The molecule has 1 atom stereocenters. The van der Waals surface area contributed by atoms with Crippen LogP contribution in [-0.4, -0.2) is 34.4 Å². The van der Waals surface area contributed by atoms with Gasteiger partial charge in [-0.2, -0.15) is 4.98 Å². The van der Waals surface area contributed by atoms with E-state index >= 15 is 0 Å². The zero-order valence-electron chi connectivity index (χ0n) is 15.0. The Balaban J connectivity index is 1.86. The highest BCUT2D eigenvalue weighted by Crippen LogP contribution is 2.30. The summed E-state index contributed by atoms with van der Waals surface area (Å²) < 4.78 is 16.0. The van der Waals surface area contributed by atoms with E-state index in [9.17, 15) is 4.79 Å². The van der Waals surface area contributed by atoms with E-state index in [0.717, 1.165) is 12.8 Å². The second-order valence-corrected chi connectivity index (χ2v) is 6.75. The number of amides is 1. The average molecular weight is 348 g/mol. The fraction of sp³-hybridized carbons (Fsp3) is 0.647. The molecule has 3 rings (SSSR count). The van der Waals surface area contributed by atoms with E-state index in [1.807, 2.05) is 13.8 Å². The number of ether oxygens (including phenoxy) is 1. The van der Waals surface area contributed by atoms with Gasteiger partial charge >= 0.3 is 0 Å². The van der Waals surface area contributed by atoms with Crippen molar-refractivity contribution in [3.05, 3.63) is 28.7 Å². The SMILES string of the molecule is Cc1noc(C)c1C(=O)NC(c1nc(C(C)C)no1)C1CCOCC1. The number of carbonyl (C=O) groups is 1. The first-order valence-corrected chi connectivity index (χ1v) is 8.62. The Kier molecular flexibility index (Phi) is 5.17. The topological polar surface area (TPSA) is 103 Å². The number of aromatic nitrogens is 3. The highest BCUT2D eigenvalue weighted by atomic mass is 16.5. The Morgan fingerprint density at radius 1 is 1.16 bits per heavy atom. The Bertz CT molecular complexity index is 711. The molecule has 1 aliphatic rings. The largest absolute Gasteiger partial charge is 0.381 e. The lowest BCUT2D eigenvalue weighted by Gasteiger charge is -2.28. The zero-order valence-corrected chi connectivity index (χ0v) is 15.0. The van der Waals surface area contributed by atoms with Gasteiger partial charge in [-0.05, 0) is 32.6 Å². The molecule has 1 N–H and O–H groups in total. The standard InChI is InChI=1S/C17H24N4O4/c1-9(2)15-19-17(25-21-15)14(12-5-7-23-8-6-12)18-16(22)13-10(3)20-24-11(13)4/h9,12,14H,5-8H2,1-4H3,(H,18,22). The number of nitrogens with one attached hydrogen (secondary N) is 1. The van der Waals surface area contributed by atoms with Crippen molar-refractivity contribution >= 4 is 5.91 Å². The van der Waals surface area contributed by atoms with Gasteiger partial charge in [-0.1, -0.05) is 24.2 Å². The molecule has 1 amide bonds. The quantitative estimate of drug-likeness (QED) is 0.886. The van der Waals surface area contributed by atoms with Gasteiger partial charge in [0.15, 0.2) is 5.82 Å². The summed E-state index contributed by atoms with van der Waals surface area (Å²) in [6.45, 7) is 8.79. The molecule has 0 saturated carbocycles. The summed E-state index contributed by atoms with van der Waals surface area (Å²) in [5.41, 5.74) is 1.02. The van der Waals surface area contributed by atoms with Crippen LogP contribution in [0.15, 0.2) is 9.05 Å². The van der Waals surface area contributed by atoms with Crippen LogP contribution < -0.4 is 5.32 Å². The lowest BCUT2D eigenvalue weighted by atomic mass is 9.91. The molecule has 136 valence electrons. The van der Waals surface area contributed by atoms with Crippen LogP contribution in [0.3, 0.4) is 0 Å². The van der Waals surface area contributed by atoms with Crippen LogP contribution in [0.4, 0.5) is 0 Å². The van der Waals surface area contributed by atoms with Crippen LogP contribution in [0.5, 0.6) is 0 Å². The summed E-state index contributed by atoms with van der Waals surface area (Å²) in [6, 6.07) is -0.356. The molecule has 8 heteroatoms. The lowest BCUT2D eigenvalue weighted by Crippen LogP contribution is -2.36. The molecule has 0 aromatic carbocycles. The number of nitrogens with zero attached hydrogens (tertiary/aromatic N) is 3. The minimum Gasteiger partial charge on any atom is -0.381 e. The number of carbonyl (C=O) groups excluding carboxylic acids is 1. The second kappa shape index (κ2) is 7.35. The third-order valence-electron chi connectivity index (χ3n) is 4.52. The lowest BCUT2D eigenvalue weighted by molar-refractivity contribution is 0.0467. The zero-order chi connectivity index (χ0) is 18.0. The minimum absolute atomic E-state index is 0.158. The van der Waals surface area contributed by atoms with Crippen molar-refractivity contribution in [1.29, 1.82) is 0 Å². The van der Waals surface area contributed by atoms with Crippen LogP contribution in [-0.2, 0) is 4.74 Å². The molecule has 1 aliphatic heterocycles. The van der Waals surface area contributed by atoms with E-state index in [2.05, 4.69) is 20.6 Å². The first-order valence-electron chi connectivity index (χ1n) is 8.62. The predicted octanol–water partition coefficient (Wildman–Crippen LogP) is 2.70. The van der Waals surface area contributed by atoms with Gasteiger partial charge in [-0.25, -0.2) is 0 Å². The maximum Gasteiger partial charge on any atom is 0.257 e. The van der Waals surface area contributed by atoms with Gasteiger partial charge in [0.2, 0.25) is 5.89 Å². The Morgan fingerprint density at radius 3 is 2.44 bits per heavy atom. The number of hydrogen-bond acceptors (Lipinski definition) is 7. The van der Waals surface area contributed by atoms with E-state index in [0.29, 0.717) is 41.9 Å². The Morgan fingerprint density at radius 2 is 1.88 bits per heavy atom. The molecular weight excluding hydrogens is 324 g/mol. The van der Waals surface area contributed by atoms with Crippen LogP contribution in [0, 0.1) is 19.8 Å². The van der Waals surface area contributed by atoms with E-state index in [-0.39, 0.29) is 23.8 Å². The molecule has 0 radical (unpaired) electrons. The van der Waals surface area contributed by atoms with Crippen molar-refractivity contribution in [2.45, 2.75) is 52.5 Å². The van der Waals surface area contributed by atoms with Gasteiger partial charge in [0, 0.05) is 19.1 Å². The van der Waals surface area contributed by atoms with Gasteiger partial charge in [-0.3, -0.25) is 4.79 Å². The molecule has 3 heterocycles. The predicted molar refractivity (Wildman–Crippen MR) is 88.1 cm³/mol. The van der Waals surface area contributed by atoms with Gasteiger partial charge in [0.25, 0.3) is 5.91 Å². The fourth-order valence-corrected chi connectivity index (χ4v) is 3.06. The molecular formula is C17H24N4O4. The molecule has 8 nitrogen and oxygen atoms in total. The molecule has 1 saturated heterocycles. The maximum absolute atomic E-state index is 12.8. The molecule has 0 spiro atoms. The molecule has 2 aromatic heterocycles. The van der Waals surface area contributed by atoms with Crippen molar-refractivity contribution in [3.8, 4) is 0 Å². The van der Waals surface area contributed by atoms with Gasteiger partial charge in [0.05, 0.1) is 5.69 Å². The van der Waals surface area contributed by atoms with E-state index in [4.69, 9.17) is 13.8 Å². The molecule has 25 heavy (non-hydrogen) atoms. The van der Waals surface area contributed by atoms with E-state index in [1.165, 1.54) is 0 Å². The molecule has 0 bridgehead atoms. The van der Waals surface area contributed by atoms with Gasteiger partial charge < -0.3 is 19.1 Å².